The molecule has 0 saturated carbocycles. The fraction of sp³-hybridized carbons (Fsp3) is 0.320. The van der Waals surface area contributed by atoms with Gasteiger partial charge in [-0.15, -0.1) is 10.2 Å². The largest absolute Gasteiger partial charge is 0.497 e. The molecule has 0 radical (unpaired) electrons. The quantitative estimate of drug-likeness (QED) is 0.558. The zero-order valence-electron chi connectivity index (χ0n) is 18.5. The standard InChI is InChI=1S/C25H28N4O2S/c1-18-27-28-25(32-18)21-6-3-7-22(17-21)26-24(30)20-12-15-29(16-13-20)14-4-5-19-8-10-23(31-2)11-9-19/h3-11,17,20H,12-16H2,1-2H3,(H,26,30)/b5-4+. The van der Waals surface area contributed by atoms with Gasteiger partial charge in [0.25, 0.3) is 0 Å². The van der Waals surface area contributed by atoms with Gasteiger partial charge in [-0.25, -0.2) is 0 Å². The lowest BCUT2D eigenvalue weighted by molar-refractivity contribution is -0.121. The first-order valence-corrected chi connectivity index (χ1v) is 11.7. The molecule has 2 aromatic carbocycles. The van der Waals surface area contributed by atoms with E-state index < -0.39 is 0 Å². The molecule has 1 saturated heterocycles. The molecule has 1 aliphatic heterocycles. The highest BCUT2D eigenvalue weighted by Gasteiger charge is 2.24. The van der Waals surface area contributed by atoms with Crippen molar-refractivity contribution in [1.29, 1.82) is 0 Å². The van der Waals surface area contributed by atoms with Crippen LogP contribution in [0.4, 0.5) is 5.69 Å². The number of methoxy groups -OCH3 is 1. The molecule has 0 atom stereocenters. The van der Waals surface area contributed by atoms with Gasteiger partial charge in [0, 0.05) is 23.7 Å². The number of aryl methyl sites for hydroxylation is 1. The van der Waals surface area contributed by atoms with Gasteiger partial charge < -0.3 is 10.1 Å². The normalized spacial score (nSPS) is 15.2. The molecule has 32 heavy (non-hydrogen) atoms. The predicted octanol–water partition coefficient (Wildman–Crippen LogP) is 4.89. The average molecular weight is 449 g/mol. The maximum absolute atomic E-state index is 12.8. The van der Waals surface area contributed by atoms with E-state index in [1.165, 1.54) is 0 Å². The third-order valence-electron chi connectivity index (χ3n) is 5.65. The first-order valence-electron chi connectivity index (χ1n) is 10.8. The van der Waals surface area contributed by atoms with Crippen molar-refractivity contribution >= 4 is 29.0 Å². The van der Waals surface area contributed by atoms with Crippen LogP contribution in [0, 0.1) is 12.8 Å². The number of anilines is 1. The number of carbonyl (C=O) groups is 1. The van der Waals surface area contributed by atoms with Crippen LogP contribution in [0.3, 0.4) is 0 Å². The molecule has 166 valence electrons. The Morgan fingerprint density at radius 1 is 1.19 bits per heavy atom. The van der Waals surface area contributed by atoms with Gasteiger partial charge in [-0.3, -0.25) is 9.69 Å². The maximum Gasteiger partial charge on any atom is 0.227 e. The number of rotatable bonds is 7. The van der Waals surface area contributed by atoms with Gasteiger partial charge in [0.05, 0.1) is 7.11 Å². The summed E-state index contributed by atoms with van der Waals surface area (Å²) in [5.41, 5.74) is 2.95. The molecule has 1 aromatic heterocycles. The Kier molecular flexibility index (Phi) is 7.29. The number of carbonyl (C=O) groups excluding carboxylic acids is 1. The van der Waals surface area contributed by atoms with Crippen LogP contribution in [-0.2, 0) is 4.79 Å². The minimum absolute atomic E-state index is 0.0456. The van der Waals surface area contributed by atoms with Crippen LogP contribution < -0.4 is 10.1 Å². The van der Waals surface area contributed by atoms with Crippen molar-refractivity contribution in [1.82, 2.24) is 15.1 Å². The summed E-state index contributed by atoms with van der Waals surface area (Å²) >= 11 is 1.55. The second-order valence-corrected chi connectivity index (χ2v) is 9.13. The van der Waals surface area contributed by atoms with Crippen molar-refractivity contribution in [3.8, 4) is 16.3 Å². The second-order valence-electron chi connectivity index (χ2n) is 7.95. The molecule has 0 aliphatic carbocycles. The molecule has 1 aliphatic rings. The minimum Gasteiger partial charge on any atom is -0.497 e. The summed E-state index contributed by atoms with van der Waals surface area (Å²) in [6.07, 6.45) is 6.06. The molecule has 2 heterocycles. The van der Waals surface area contributed by atoms with E-state index in [2.05, 4.69) is 32.6 Å². The number of aromatic nitrogens is 2. The number of piperidine rings is 1. The van der Waals surface area contributed by atoms with Gasteiger partial charge in [0.1, 0.15) is 15.8 Å². The van der Waals surface area contributed by atoms with Crippen molar-refractivity contribution in [2.24, 2.45) is 5.92 Å². The van der Waals surface area contributed by atoms with Crippen LogP contribution in [0.5, 0.6) is 5.75 Å². The summed E-state index contributed by atoms with van der Waals surface area (Å²) in [4.78, 5) is 15.2. The summed E-state index contributed by atoms with van der Waals surface area (Å²) < 4.78 is 5.19. The molecule has 3 aromatic rings. The first-order chi connectivity index (χ1) is 15.6. The van der Waals surface area contributed by atoms with Crippen LogP contribution in [0.25, 0.3) is 16.6 Å². The van der Waals surface area contributed by atoms with Gasteiger partial charge in [-0.05, 0) is 62.7 Å². The molecule has 1 amide bonds. The number of hydrogen-bond acceptors (Lipinski definition) is 6. The monoisotopic (exact) mass is 448 g/mol. The lowest BCUT2D eigenvalue weighted by Crippen LogP contribution is -2.38. The number of hydrogen-bond donors (Lipinski definition) is 1. The highest BCUT2D eigenvalue weighted by Crippen LogP contribution is 2.26. The zero-order valence-corrected chi connectivity index (χ0v) is 19.3. The van der Waals surface area contributed by atoms with Gasteiger partial charge >= 0.3 is 0 Å². The molecule has 6 nitrogen and oxygen atoms in total. The number of benzene rings is 2. The predicted molar refractivity (Wildman–Crippen MR) is 130 cm³/mol. The van der Waals surface area contributed by atoms with E-state index in [0.29, 0.717) is 0 Å². The van der Waals surface area contributed by atoms with Gasteiger partial charge in [-0.2, -0.15) is 0 Å². The molecule has 0 unspecified atom stereocenters. The van der Waals surface area contributed by atoms with Crippen LogP contribution in [0.15, 0.2) is 54.6 Å². The Morgan fingerprint density at radius 3 is 2.66 bits per heavy atom. The summed E-state index contributed by atoms with van der Waals surface area (Å²) in [5, 5.41) is 13.2. The van der Waals surface area contributed by atoms with Crippen molar-refractivity contribution < 1.29 is 9.53 Å². The maximum atomic E-state index is 12.8. The molecule has 0 bridgehead atoms. The zero-order chi connectivity index (χ0) is 22.3. The number of amides is 1. The third kappa shape index (κ3) is 5.81. The first kappa shape index (κ1) is 22.2. The van der Waals surface area contributed by atoms with Crippen molar-refractivity contribution in [3.05, 3.63) is 65.2 Å². The summed E-state index contributed by atoms with van der Waals surface area (Å²) in [7, 11) is 1.67. The van der Waals surface area contributed by atoms with Crippen LogP contribution in [0.2, 0.25) is 0 Å². The van der Waals surface area contributed by atoms with Crippen molar-refractivity contribution in [2.75, 3.05) is 32.1 Å². The second kappa shape index (κ2) is 10.5. The van der Waals surface area contributed by atoms with Crippen molar-refractivity contribution in [3.63, 3.8) is 0 Å². The lowest BCUT2D eigenvalue weighted by atomic mass is 9.95. The third-order valence-corrected chi connectivity index (χ3v) is 6.54. The van der Waals surface area contributed by atoms with Gasteiger partial charge in [0.2, 0.25) is 5.91 Å². The van der Waals surface area contributed by atoms with E-state index in [9.17, 15) is 4.79 Å². The number of nitrogens with one attached hydrogen (secondary N) is 1. The molecule has 4 rings (SSSR count). The molecule has 0 spiro atoms. The summed E-state index contributed by atoms with van der Waals surface area (Å²) in [5.74, 6) is 1.01. The Bertz CT molecular complexity index is 1070. The van der Waals surface area contributed by atoms with E-state index >= 15 is 0 Å². The molecule has 1 N–H and O–H groups in total. The summed E-state index contributed by atoms with van der Waals surface area (Å²) in [6, 6.07) is 15.9. The van der Waals surface area contributed by atoms with Gasteiger partial charge in [-0.1, -0.05) is 47.8 Å². The highest BCUT2D eigenvalue weighted by atomic mass is 32.1. The van der Waals surface area contributed by atoms with E-state index in [4.69, 9.17) is 4.74 Å². The highest BCUT2D eigenvalue weighted by molar-refractivity contribution is 7.14. The Labute approximate surface area is 192 Å². The lowest BCUT2D eigenvalue weighted by Gasteiger charge is -2.30. The molecular weight excluding hydrogens is 420 g/mol. The summed E-state index contributed by atoms with van der Waals surface area (Å²) in [6.45, 7) is 4.68. The molecule has 7 heteroatoms. The fourth-order valence-electron chi connectivity index (χ4n) is 3.82. The smallest absolute Gasteiger partial charge is 0.227 e. The van der Waals surface area contributed by atoms with E-state index in [1.54, 1.807) is 18.4 Å². The van der Waals surface area contributed by atoms with Crippen LogP contribution in [-0.4, -0.2) is 47.7 Å². The average Bonchev–Trinajstić information content (AvgIpc) is 3.26. The van der Waals surface area contributed by atoms with Crippen LogP contribution in [0.1, 0.15) is 23.4 Å². The van der Waals surface area contributed by atoms with Gasteiger partial charge in [0.15, 0.2) is 0 Å². The van der Waals surface area contributed by atoms with Crippen molar-refractivity contribution in [2.45, 2.75) is 19.8 Å². The molecule has 1 fully saturated rings. The minimum atomic E-state index is 0.0456. The topological polar surface area (TPSA) is 67.3 Å². The van der Waals surface area contributed by atoms with E-state index in [1.807, 2.05) is 55.5 Å². The Balaban J connectivity index is 1.25. The molecular formula is C25H28N4O2S. The van der Waals surface area contributed by atoms with E-state index in [-0.39, 0.29) is 11.8 Å². The van der Waals surface area contributed by atoms with E-state index in [0.717, 1.165) is 65.1 Å². The number of nitrogens with zero attached hydrogens (tertiary/aromatic N) is 3. The number of ether oxygens (including phenoxy) is 1. The van der Waals surface area contributed by atoms with Crippen LogP contribution >= 0.6 is 11.3 Å². The Hall–Kier alpha value is -3.03. The SMILES string of the molecule is COc1ccc(/C=C/CN2CCC(C(=O)Nc3cccc(-c4nnc(C)s4)c3)CC2)cc1. The number of likely N-dealkylation sites (tertiary alicyclic amines) is 1. The fourth-order valence-corrected chi connectivity index (χ4v) is 4.51. The Morgan fingerprint density at radius 2 is 1.97 bits per heavy atom.